The Balaban J connectivity index is 0.00000210. The maximum absolute atomic E-state index is 12.5. The van der Waals surface area contributed by atoms with E-state index in [-0.39, 0.29) is 18.3 Å². The normalized spacial score (nSPS) is 16.9. The number of H-pyrrole nitrogens is 1. The van der Waals surface area contributed by atoms with Gasteiger partial charge in [0, 0.05) is 49.7 Å². The van der Waals surface area contributed by atoms with Gasteiger partial charge in [0.2, 0.25) is 0 Å². The molecule has 7 nitrogen and oxygen atoms in total. The number of benzene rings is 1. The third-order valence-electron chi connectivity index (χ3n) is 4.96. The second-order valence-corrected chi connectivity index (χ2v) is 6.80. The van der Waals surface area contributed by atoms with Crippen molar-refractivity contribution in [2.45, 2.75) is 25.8 Å². The molecule has 0 aliphatic carbocycles. The highest BCUT2D eigenvalue weighted by Crippen LogP contribution is 2.21. The molecule has 4 rings (SSSR count). The Morgan fingerprint density at radius 1 is 1.26 bits per heavy atom. The van der Waals surface area contributed by atoms with E-state index < -0.39 is 0 Å². The number of aromatic amines is 1. The van der Waals surface area contributed by atoms with Crippen molar-refractivity contribution in [3.05, 3.63) is 41.2 Å². The number of carbonyl (C=O) groups excluding carboxylic acids is 1. The molecular weight excluding hydrogens is 368 g/mol. The summed E-state index contributed by atoms with van der Waals surface area (Å²) in [4.78, 5) is 12.5. The van der Waals surface area contributed by atoms with Crippen LogP contribution in [0.5, 0.6) is 5.75 Å². The van der Waals surface area contributed by atoms with E-state index in [2.05, 4.69) is 20.8 Å². The number of nitrogens with one attached hydrogen (secondary N) is 3. The van der Waals surface area contributed by atoms with Gasteiger partial charge in [0.05, 0.1) is 6.61 Å². The summed E-state index contributed by atoms with van der Waals surface area (Å²) in [6, 6.07) is 7.48. The van der Waals surface area contributed by atoms with Crippen LogP contribution in [0.4, 0.5) is 5.69 Å². The van der Waals surface area contributed by atoms with Crippen LogP contribution in [0.25, 0.3) is 0 Å². The molecular formula is C19H25ClN4O3. The Bertz CT molecular complexity index is 757. The Kier molecular flexibility index (Phi) is 6.71. The van der Waals surface area contributed by atoms with Crippen molar-refractivity contribution < 1.29 is 14.3 Å². The van der Waals surface area contributed by atoms with Gasteiger partial charge in [-0.2, -0.15) is 5.10 Å². The first-order valence-corrected chi connectivity index (χ1v) is 9.18. The number of halogens is 1. The molecule has 1 aromatic heterocycles. The van der Waals surface area contributed by atoms with Crippen molar-refractivity contribution >= 4 is 24.0 Å². The third kappa shape index (κ3) is 4.80. The summed E-state index contributed by atoms with van der Waals surface area (Å²) < 4.78 is 11.2. The van der Waals surface area contributed by atoms with Crippen LogP contribution < -0.4 is 15.4 Å². The fourth-order valence-electron chi connectivity index (χ4n) is 3.36. The first kappa shape index (κ1) is 19.7. The van der Waals surface area contributed by atoms with E-state index in [0.717, 1.165) is 61.7 Å². The summed E-state index contributed by atoms with van der Waals surface area (Å²) in [6.07, 6.45) is 2.97. The first-order valence-electron chi connectivity index (χ1n) is 9.18. The monoisotopic (exact) mass is 392 g/mol. The molecule has 146 valence electrons. The standard InChI is InChI=1S/C19H24N4O3.ClH/c24-19(18-16-11-20-8-5-17(16)22-23-18)21-14-1-3-15(4-2-14)26-12-13-6-9-25-10-7-13;/h1-4,13,20H,5-12H2,(H,21,24)(H,22,23);1H. The number of ether oxygens (including phenoxy) is 2. The van der Waals surface area contributed by atoms with Crippen LogP contribution in [0.1, 0.15) is 34.6 Å². The lowest BCUT2D eigenvalue weighted by Gasteiger charge is -2.22. The zero-order chi connectivity index (χ0) is 17.8. The number of rotatable bonds is 5. The van der Waals surface area contributed by atoms with Crippen LogP contribution in [0.3, 0.4) is 0 Å². The Labute approximate surface area is 164 Å². The van der Waals surface area contributed by atoms with E-state index in [0.29, 0.717) is 24.8 Å². The summed E-state index contributed by atoms with van der Waals surface area (Å²) in [5.41, 5.74) is 3.21. The number of nitrogens with zero attached hydrogens (tertiary/aromatic N) is 1. The second-order valence-electron chi connectivity index (χ2n) is 6.80. The molecule has 3 heterocycles. The van der Waals surface area contributed by atoms with E-state index in [4.69, 9.17) is 9.47 Å². The molecule has 3 N–H and O–H groups in total. The van der Waals surface area contributed by atoms with Gasteiger partial charge in [0.15, 0.2) is 5.69 Å². The van der Waals surface area contributed by atoms with Crippen molar-refractivity contribution in [1.82, 2.24) is 15.5 Å². The molecule has 2 aliphatic heterocycles. The molecule has 1 fully saturated rings. The number of hydrogen-bond donors (Lipinski definition) is 3. The van der Waals surface area contributed by atoms with Gasteiger partial charge in [0.25, 0.3) is 5.91 Å². The van der Waals surface area contributed by atoms with Crippen LogP contribution >= 0.6 is 12.4 Å². The third-order valence-corrected chi connectivity index (χ3v) is 4.96. The first-order chi connectivity index (χ1) is 12.8. The summed E-state index contributed by atoms with van der Waals surface area (Å²) >= 11 is 0. The predicted octanol–water partition coefficient (Wildman–Crippen LogP) is 2.53. The van der Waals surface area contributed by atoms with Gasteiger partial charge in [-0.25, -0.2) is 0 Å². The molecule has 2 aromatic rings. The van der Waals surface area contributed by atoms with Crippen molar-refractivity contribution in [3.63, 3.8) is 0 Å². The lowest BCUT2D eigenvalue weighted by Crippen LogP contribution is -2.25. The summed E-state index contributed by atoms with van der Waals surface area (Å²) in [5, 5.41) is 13.3. The molecule has 0 saturated carbocycles. The van der Waals surface area contributed by atoms with Gasteiger partial charge in [-0.15, -0.1) is 12.4 Å². The van der Waals surface area contributed by atoms with Gasteiger partial charge >= 0.3 is 0 Å². The van der Waals surface area contributed by atoms with Gasteiger partial charge in [-0.3, -0.25) is 9.89 Å². The van der Waals surface area contributed by atoms with Gasteiger partial charge < -0.3 is 20.1 Å². The number of amides is 1. The van der Waals surface area contributed by atoms with Gasteiger partial charge in [0.1, 0.15) is 5.75 Å². The molecule has 1 amide bonds. The number of anilines is 1. The summed E-state index contributed by atoms with van der Waals surface area (Å²) in [6.45, 7) is 3.94. The molecule has 0 radical (unpaired) electrons. The molecule has 1 saturated heterocycles. The highest BCUT2D eigenvalue weighted by molar-refractivity contribution is 6.04. The highest BCUT2D eigenvalue weighted by atomic mass is 35.5. The highest BCUT2D eigenvalue weighted by Gasteiger charge is 2.21. The molecule has 2 aliphatic rings. The van der Waals surface area contributed by atoms with Crippen LogP contribution in [-0.2, 0) is 17.7 Å². The van der Waals surface area contributed by atoms with E-state index >= 15 is 0 Å². The molecule has 27 heavy (non-hydrogen) atoms. The Hall–Kier alpha value is -2.09. The Morgan fingerprint density at radius 3 is 2.81 bits per heavy atom. The minimum atomic E-state index is -0.193. The van der Waals surface area contributed by atoms with Crippen LogP contribution in [0, 0.1) is 5.92 Å². The van der Waals surface area contributed by atoms with E-state index in [1.54, 1.807) is 0 Å². The molecule has 8 heteroatoms. The number of aromatic nitrogens is 2. The van der Waals surface area contributed by atoms with E-state index in [1.165, 1.54) is 0 Å². The quantitative estimate of drug-likeness (QED) is 0.727. The maximum atomic E-state index is 12.5. The fourth-order valence-corrected chi connectivity index (χ4v) is 3.36. The molecule has 1 aromatic carbocycles. The molecule has 0 atom stereocenters. The van der Waals surface area contributed by atoms with E-state index in [9.17, 15) is 4.79 Å². The SMILES string of the molecule is Cl.O=C(Nc1ccc(OCC2CCOCC2)cc1)c1n[nH]c2c1CNCC2. The van der Waals surface area contributed by atoms with Crippen LogP contribution in [0.2, 0.25) is 0 Å². The molecule has 0 bridgehead atoms. The largest absolute Gasteiger partial charge is 0.493 e. The maximum Gasteiger partial charge on any atom is 0.276 e. The number of hydrogen-bond acceptors (Lipinski definition) is 5. The van der Waals surface area contributed by atoms with Crippen LogP contribution in [0.15, 0.2) is 24.3 Å². The zero-order valence-corrected chi connectivity index (χ0v) is 15.9. The molecule has 0 spiro atoms. The Morgan fingerprint density at radius 2 is 2.04 bits per heavy atom. The number of fused-ring (bicyclic) bond motifs is 1. The van der Waals surface area contributed by atoms with Crippen LogP contribution in [-0.4, -0.2) is 42.5 Å². The van der Waals surface area contributed by atoms with Gasteiger partial charge in [-0.1, -0.05) is 0 Å². The lowest BCUT2D eigenvalue weighted by atomic mass is 10.0. The fraction of sp³-hybridized carbons (Fsp3) is 0.474. The average molecular weight is 393 g/mol. The zero-order valence-electron chi connectivity index (χ0n) is 15.1. The smallest absolute Gasteiger partial charge is 0.276 e. The topological polar surface area (TPSA) is 88.3 Å². The lowest BCUT2D eigenvalue weighted by molar-refractivity contribution is 0.0497. The van der Waals surface area contributed by atoms with E-state index in [1.807, 2.05) is 24.3 Å². The second kappa shape index (κ2) is 9.21. The van der Waals surface area contributed by atoms with Crippen molar-refractivity contribution in [3.8, 4) is 5.75 Å². The summed E-state index contributed by atoms with van der Waals surface area (Å²) in [5.74, 6) is 1.18. The van der Waals surface area contributed by atoms with Gasteiger partial charge in [-0.05, 0) is 43.0 Å². The van der Waals surface area contributed by atoms with Crippen molar-refractivity contribution in [2.24, 2.45) is 5.92 Å². The average Bonchev–Trinajstić information content (AvgIpc) is 3.12. The number of carbonyl (C=O) groups is 1. The van der Waals surface area contributed by atoms with Crippen molar-refractivity contribution in [1.29, 1.82) is 0 Å². The van der Waals surface area contributed by atoms with Crippen molar-refractivity contribution in [2.75, 3.05) is 31.7 Å². The molecule has 0 unspecified atom stereocenters. The minimum Gasteiger partial charge on any atom is -0.493 e. The predicted molar refractivity (Wildman–Crippen MR) is 105 cm³/mol. The summed E-state index contributed by atoms with van der Waals surface area (Å²) in [7, 11) is 0. The minimum absolute atomic E-state index is 0.